The average Bonchev–Trinajstić information content (AvgIpc) is 2.34. The molecule has 19 heavy (non-hydrogen) atoms. The lowest BCUT2D eigenvalue weighted by Crippen LogP contribution is -2.36. The molecular weight excluding hydrogens is 251 g/mol. The fraction of sp³-hybridized carbons (Fsp3) is 1.00. The Balaban J connectivity index is 4.24. The van der Waals surface area contributed by atoms with Crippen LogP contribution in [0.5, 0.6) is 0 Å². The highest BCUT2D eigenvalue weighted by atomic mass is 19.4. The first-order valence-corrected chi connectivity index (χ1v) is 7.74. The summed E-state index contributed by atoms with van der Waals surface area (Å²) in [4.78, 5) is 0. The standard InChI is InChI=1S/C15H30F3N/c1-4-7-9-13(6-3)14(19-12-5-2)10-8-11-15(16,17)18/h13-14,19H,4-12H2,1-3H3. The van der Waals surface area contributed by atoms with E-state index in [1.54, 1.807) is 0 Å². The van der Waals surface area contributed by atoms with Crippen molar-refractivity contribution in [2.75, 3.05) is 6.54 Å². The SMILES string of the molecule is CCCCC(CC)C(CCCC(F)(F)F)NCCC. The Hall–Kier alpha value is -0.250. The summed E-state index contributed by atoms with van der Waals surface area (Å²) in [6.45, 7) is 7.29. The van der Waals surface area contributed by atoms with Gasteiger partial charge in [0.05, 0.1) is 0 Å². The van der Waals surface area contributed by atoms with Crippen molar-refractivity contribution in [2.45, 2.75) is 84.4 Å². The molecule has 0 amide bonds. The molecule has 0 aliphatic carbocycles. The molecule has 1 N–H and O–H groups in total. The van der Waals surface area contributed by atoms with Crippen molar-refractivity contribution in [1.29, 1.82) is 0 Å². The third kappa shape index (κ3) is 10.2. The molecule has 0 saturated carbocycles. The van der Waals surface area contributed by atoms with Gasteiger partial charge in [-0.05, 0) is 38.1 Å². The van der Waals surface area contributed by atoms with Crippen molar-refractivity contribution in [3.8, 4) is 0 Å². The minimum absolute atomic E-state index is 0.244. The monoisotopic (exact) mass is 281 g/mol. The smallest absolute Gasteiger partial charge is 0.314 e. The van der Waals surface area contributed by atoms with Crippen LogP contribution in [0, 0.1) is 5.92 Å². The van der Waals surface area contributed by atoms with E-state index in [2.05, 4.69) is 26.1 Å². The molecule has 0 aliphatic heterocycles. The minimum Gasteiger partial charge on any atom is -0.314 e. The van der Waals surface area contributed by atoms with Crippen molar-refractivity contribution in [3.05, 3.63) is 0 Å². The van der Waals surface area contributed by atoms with Crippen LogP contribution in [0.15, 0.2) is 0 Å². The molecule has 0 aromatic rings. The summed E-state index contributed by atoms with van der Waals surface area (Å²) in [6.07, 6.45) is 1.74. The van der Waals surface area contributed by atoms with Crippen molar-refractivity contribution in [1.82, 2.24) is 5.32 Å². The van der Waals surface area contributed by atoms with E-state index < -0.39 is 12.6 Å². The van der Waals surface area contributed by atoms with Crippen LogP contribution < -0.4 is 5.32 Å². The maximum atomic E-state index is 12.2. The summed E-state index contributed by atoms with van der Waals surface area (Å²) >= 11 is 0. The maximum Gasteiger partial charge on any atom is 0.389 e. The predicted octanol–water partition coefficient (Wildman–Crippen LogP) is 5.30. The van der Waals surface area contributed by atoms with Crippen LogP contribution in [0.4, 0.5) is 13.2 Å². The molecule has 0 bridgehead atoms. The zero-order valence-electron chi connectivity index (χ0n) is 12.7. The lowest BCUT2D eigenvalue weighted by atomic mass is 9.88. The van der Waals surface area contributed by atoms with E-state index in [4.69, 9.17) is 0 Å². The molecule has 0 spiro atoms. The lowest BCUT2D eigenvalue weighted by molar-refractivity contribution is -0.136. The van der Waals surface area contributed by atoms with E-state index in [9.17, 15) is 13.2 Å². The first-order chi connectivity index (χ1) is 8.94. The molecule has 1 nitrogen and oxygen atoms in total. The lowest BCUT2D eigenvalue weighted by Gasteiger charge is -2.27. The average molecular weight is 281 g/mol. The first-order valence-electron chi connectivity index (χ1n) is 7.74. The van der Waals surface area contributed by atoms with E-state index in [-0.39, 0.29) is 12.5 Å². The second-order valence-electron chi connectivity index (χ2n) is 5.38. The summed E-state index contributed by atoms with van der Waals surface area (Å²) in [7, 11) is 0. The van der Waals surface area contributed by atoms with Crippen LogP contribution in [0.1, 0.15) is 72.1 Å². The second kappa shape index (κ2) is 10.5. The van der Waals surface area contributed by atoms with E-state index in [1.807, 2.05) is 0 Å². The number of hydrogen-bond donors (Lipinski definition) is 1. The molecule has 2 atom stereocenters. The Kier molecular flexibility index (Phi) is 10.4. The van der Waals surface area contributed by atoms with Gasteiger partial charge in [0.2, 0.25) is 0 Å². The fourth-order valence-electron chi connectivity index (χ4n) is 2.51. The van der Waals surface area contributed by atoms with Gasteiger partial charge in [0, 0.05) is 12.5 Å². The number of nitrogens with one attached hydrogen (secondary N) is 1. The third-order valence-electron chi connectivity index (χ3n) is 3.65. The van der Waals surface area contributed by atoms with Gasteiger partial charge in [0.15, 0.2) is 0 Å². The first kappa shape index (κ1) is 18.8. The van der Waals surface area contributed by atoms with Gasteiger partial charge in [-0.15, -0.1) is 0 Å². The van der Waals surface area contributed by atoms with Crippen molar-refractivity contribution >= 4 is 0 Å². The summed E-state index contributed by atoms with van der Waals surface area (Å²) < 4.78 is 36.7. The molecule has 0 aromatic carbocycles. The minimum atomic E-state index is -4.01. The number of alkyl halides is 3. The molecule has 0 fully saturated rings. The summed E-state index contributed by atoms with van der Waals surface area (Å²) in [5, 5.41) is 3.45. The molecule has 0 rings (SSSR count). The van der Waals surface area contributed by atoms with Gasteiger partial charge in [0.25, 0.3) is 0 Å². The fourth-order valence-corrected chi connectivity index (χ4v) is 2.51. The van der Waals surface area contributed by atoms with Gasteiger partial charge in [-0.3, -0.25) is 0 Å². The van der Waals surface area contributed by atoms with Crippen LogP contribution in [0.2, 0.25) is 0 Å². The van der Waals surface area contributed by atoms with Gasteiger partial charge in [-0.1, -0.05) is 40.0 Å². The zero-order chi connectivity index (χ0) is 14.7. The largest absolute Gasteiger partial charge is 0.389 e. The van der Waals surface area contributed by atoms with Gasteiger partial charge < -0.3 is 5.32 Å². The predicted molar refractivity (Wildman–Crippen MR) is 75.3 cm³/mol. The van der Waals surface area contributed by atoms with Crippen molar-refractivity contribution < 1.29 is 13.2 Å². The molecule has 0 radical (unpaired) electrons. The quantitative estimate of drug-likeness (QED) is 0.541. The number of unbranched alkanes of at least 4 members (excludes halogenated alkanes) is 1. The highest BCUT2D eigenvalue weighted by Crippen LogP contribution is 2.26. The van der Waals surface area contributed by atoms with Crippen LogP contribution in [0.25, 0.3) is 0 Å². The molecule has 116 valence electrons. The van der Waals surface area contributed by atoms with Crippen molar-refractivity contribution in [3.63, 3.8) is 0 Å². The number of rotatable bonds is 11. The Labute approximate surface area is 116 Å². The van der Waals surface area contributed by atoms with Crippen LogP contribution >= 0.6 is 0 Å². The Morgan fingerprint density at radius 3 is 2.11 bits per heavy atom. The number of hydrogen-bond acceptors (Lipinski definition) is 1. The van der Waals surface area contributed by atoms with E-state index in [0.717, 1.165) is 32.2 Å². The number of halogens is 3. The topological polar surface area (TPSA) is 12.0 Å². The molecule has 2 unspecified atom stereocenters. The van der Waals surface area contributed by atoms with Gasteiger partial charge >= 0.3 is 6.18 Å². The molecule has 4 heteroatoms. The normalized spacial score (nSPS) is 15.5. The molecular formula is C15H30F3N. The van der Waals surface area contributed by atoms with Crippen molar-refractivity contribution in [2.24, 2.45) is 5.92 Å². The Bertz CT molecular complexity index is 204. The summed E-state index contributed by atoms with van der Waals surface area (Å²) in [5.41, 5.74) is 0. The zero-order valence-corrected chi connectivity index (χ0v) is 12.7. The van der Waals surface area contributed by atoms with Crippen LogP contribution in [0.3, 0.4) is 0 Å². The van der Waals surface area contributed by atoms with E-state index in [0.29, 0.717) is 12.3 Å². The van der Waals surface area contributed by atoms with Gasteiger partial charge in [-0.2, -0.15) is 13.2 Å². The van der Waals surface area contributed by atoms with Gasteiger partial charge in [0.1, 0.15) is 0 Å². The Morgan fingerprint density at radius 2 is 1.63 bits per heavy atom. The highest BCUT2D eigenvalue weighted by molar-refractivity contribution is 4.76. The molecule has 0 aromatic heterocycles. The maximum absolute atomic E-state index is 12.2. The van der Waals surface area contributed by atoms with Crippen LogP contribution in [-0.2, 0) is 0 Å². The highest BCUT2D eigenvalue weighted by Gasteiger charge is 2.27. The third-order valence-corrected chi connectivity index (χ3v) is 3.65. The molecule has 0 aliphatic rings. The summed E-state index contributed by atoms with van der Waals surface area (Å²) in [5.74, 6) is 0.514. The summed E-state index contributed by atoms with van der Waals surface area (Å²) in [6, 6.07) is 0.249. The van der Waals surface area contributed by atoms with Crippen LogP contribution in [-0.4, -0.2) is 18.8 Å². The Morgan fingerprint density at radius 1 is 0.947 bits per heavy atom. The second-order valence-corrected chi connectivity index (χ2v) is 5.38. The van der Waals surface area contributed by atoms with E-state index in [1.165, 1.54) is 6.42 Å². The molecule has 0 heterocycles. The molecule has 0 saturated heterocycles. The van der Waals surface area contributed by atoms with E-state index >= 15 is 0 Å². The van der Waals surface area contributed by atoms with Gasteiger partial charge in [-0.25, -0.2) is 0 Å².